The summed E-state index contributed by atoms with van der Waals surface area (Å²) in [5.41, 5.74) is 1.27. The molecule has 3 aromatic rings. The van der Waals surface area contributed by atoms with Crippen LogP contribution in [-0.2, 0) is 17.9 Å². The van der Waals surface area contributed by atoms with E-state index in [1.807, 2.05) is 41.8 Å². The van der Waals surface area contributed by atoms with Gasteiger partial charge in [0.1, 0.15) is 17.1 Å². The molecule has 5 nitrogen and oxygen atoms in total. The van der Waals surface area contributed by atoms with Crippen molar-refractivity contribution in [1.82, 2.24) is 14.8 Å². The molecule has 0 radical (unpaired) electrons. The van der Waals surface area contributed by atoms with Gasteiger partial charge in [-0.1, -0.05) is 49.6 Å². The van der Waals surface area contributed by atoms with Crippen molar-refractivity contribution in [2.75, 3.05) is 0 Å². The Morgan fingerprint density at radius 1 is 1.09 bits per heavy atom. The van der Waals surface area contributed by atoms with Crippen LogP contribution in [0.3, 0.4) is 0 Å². The molecule has 2 aromatic carbocycles. The fourth-order valence-electron chi connectivity index (χ4n) is 5.11. The summed E-state index contributed by atoms with van der Waals surface area (Å²) in [5, 5.41) is 4.22. The fraction of sp³-hybridized carbons (Fsp3) is 0.385. The monoisotopic (exact) mass is 433 g/mol. The minimum Gasteiger partial charge on any atom is -0.351 e. The van der Waals surface area contributed by atoms with Crippen LogP contribution in [0.4, 0.5) is 4.39 Å². The van der Waals surface area contributed by atoms with Crippen LogP contribution >= 0.6 is 0 Å². The van der Waals surface area contributed by atoms with E-state index in [1.165, 1.54) is 18.6 Å². The number of rotatable bonds is 4. The summed E-state index contributed by atoms with van der Waals surface area (Å²) in [6.07, 6.45) is 5.40. The molecule has 32 heavy (non-hydrogen) atoms. The van der Waals surface area contributed by atoms with Gasteiger partial charge in [0.25, 0.3) is 5.91 Å². The first-order valence-electron chi connectivity index (χ1n) is 11.4. The maximum atomic E-state index is 13.7. The third kappa shape index (κ3) is 3.57. The largest absolute Gasteiger partial charge is 0.351 e. The molecular formula is C26H28FN3O2. The Morgan fingerprint density at radius 2 is 1.81 bits per heavy atom. The van der Waals surface area contributed by atoms with Crippen LogP contribution in [0.25, 0.3) is 10.9 Å². The van der Waals surface area contributed by atoms with E-state index in [4.69, 9.17) is 0 Å². The van der Waals surface area contributed by atoms with Crippen molar-refractivity contribution in [1.29, 1.82) is 0 Å². The van der Waals surface area contributed by atoms with Crippen LogP contribution < -0.4 is 5.32 Å². The number of amides is 2. The van der Waals surface area contributed by atoms with Crippen LogP contribution in [0.15, 0.2) is 54.6 Å². The number of fused-ring (bicyclic) bond motifs is 3. The maximum Gasteiger partial charge on any atom is 0.271 e. The first-order valence-corrected chi connectivity index (χ1v) is 11.4. The first kappa shape index (κ1) is 20.7. The van der Waals surface area contributed by atoms with E-state index in [2.05, 4.69) is 5.32 Å². The normalized spacial score (nSPS) is 21.6. The van der Waals surface area contributed by atoms with Gasteiger partial charge in [-0.3, -0.25) is 9.59 Å². The standard InChI is InChI=1S/C26H28FN3O2/c1-26(25(32)28-21-8-3-2-4-9-21)17-29-22-10-6-5-7-19(22)15-23(29)24(31)30(26)16-18-11-13-20(27)14-12-18/h5-7,10-15,21H,2-4,8-9,16-17H2,1H3,(H,28,32)/t26-/m1/s1. The Labute approximate surface area is 187 Å². The Kier molecular flexibility index (Phi) is 5.24. The summed E-state index contributed by atoms with van der Waals surface area (Å²) in [6, 6.07) is 16.0. The number of hydrogen-bond acceptors (Lipinski definition) is 2. The lowest BCUT2D eigenvalue weighted by Crippen LogP contribution is -2.64. The van der Waals surface area contributed by atoms with Crippen LogP contribution in [0, 0.1) is 5.82 Å². The molecule has 1 N–H and O–H groups in total. The number of aromatic nitrogens is 1. The van der Waals surface area contributed by atoms with E-state index in [0.29, 0.717) is 12.2 Å². The number of nitrogens with zero attached hydrogens (tertiary/aromatic N) is 2. The molecule has 2 heterocycles. The summed E-state index contributed by atoms with van der Waals surface area (Å²) >= 11 is 0. The third-order valence-electron chi connectivity index (χ3n) is 7.02. The van der Waals surface area contributed by atoms with Crippen molar-refractivity contribution in [3.8, 4) is 0 Å². The summed E-state index contributed by atoms with van der Waals surface area (Å²) < 4.78 is 15.4. The molecule has 1 aliphatic carbocycles. The number of benzene rings is 2. The van der Waals surface area contributed by atoms with E-state index in [-0.39, 0.29) is 30.2 Å². The van der Waals surface area contributed by atoms with Gasteiger partial charge in [0.15, 0.2) is 0 Å². The minimum absolute atomic E-state index is 0.122. The highest BCUT2D eigenvalue weighted by molar-refractivity contribution is 6.03. The van der Waals surface area contributed by atoms with Crippen LogP contribution in [-0.4, -0.2) is 32.9 Å². The van der Waals surface area contributed by atoms with Gasteiger partial charge in [0.2, 0.25) is 5.91 Å². The van der Waals surface area contributed by atoms with Crippen molar-refractivity contribution in [3.63, 3.8) is 0 Å². The van der Waals surface area contributed by atoms with Crippen molar-refractivity contribution in [2.24, 2.45) is 0 Å². The second kappa shape index (κ2) is 8.08. The van der Waals surface area contributed by atoms with E-state index >= 15 is 0 Å². The predicted molar refractivity (Wildman–Crippen MR) is 122 cm³/mol. The Morgan fingerprint density at radius 3 is 2.56 bits per heavy atom. The lowest BCUT2D eigenvalue weighted by Gasteiger charge is -2.45. The summed E-state index contributed by atoms with van der Waals surface area (Å²) in [7, 11) is 0. The SMILES string of the molecule is C[C@]1(C(=O)NC2CCCCC2)Cn2c(cc3ccccc32)C(=O)N1Cc1ccc(F)cc1. The molecule has 166 valence electrons. The molecule has 1 atom stereocenters. The summed E-state index contributed by atoms with van der Waals surface area (Å²) in [4.78, 5) is 29.1. The highest BCUT2D eigenvalue weighted by Gasteiger charge is 2.48. The van der Waals surface area contributed by atoms with E-state index in [0.717, 1.165) is 42.1 Å². The number of halogens is 1. The molecule has 6 heteroatoms. The van der Waals surface area contributed by atoms with Gasteiger partial charge in [-0.15, -0.1) is 0 Å². The molecule has 2 amide bonds. The second-order valence-electron chi connectivity index (χ2n) is 9.27. The number of nitrogens with one attached hydrogen (secondary N) is 1. The highest BCUT2D eigenvalue weighted by Crippen LogP contribution is 2.34. The molecule has 1 fully saturated rings. The van der Waals surface area contributed by atoms with E-state index in [9.17, 15) is 14.0 Å². The molecule has 1 aromatic heterocycles. The molecule has 0 unspecified atom stereocenters. The molecule has 1 aliphatic heterocycles. The zero-order valence-electron chi connectivity index (χ0n) is 18.3. The third-order valence-corrected chi connectivity index (χ3v) is 7.02. The maximum absolute atomic E-state index is 13.7. The van der Waals surface area contributed by atoms with Gasteiger partial charge in [0.05, 0.1) is 6.54 Å². The van der Waals surface area contributed by atoms with Gasteiger partial charge in [0, 0.05) is 23.5 Å². The molecule has 0 saturated heterocycles. The van der Waals surface area contributed by atoms with E-state index in [1.54, 1.807) is 17.0 Å². The molecule has 0 bridgehead atoms. The molecule has 2 aliphatic rings. The molecular weight excluding hydrogens is 405 g/mol. The summed E-state index contributed by atoms with van der Waals surface area (Å²) in [5.74, 6) is -0.627. The number of hydrogen-bond donors (Lipinski definition) is 1. The van der Waals surface area contributed by atoms with Crippen LogP contribution in [0.2, 0.25) is 0 Å². The molecule has 0 spiro atoms. The fourth-order valence-corrected chi connectivity index (χ4v) is 5.11. The topological polar surface area (TPSA) is 54.3 Å². The van der Waals surface area contributed by atoms with E-state index < -0.39 is 5.54 Å². The Balaban J connectivity index is 1.54. The Bertz CT molecular complexity index is 1160. The van der Waals surface area contributed by atoms with Crippen molar-refractivity contribution >= 4 is 22.7 Å². The number of carbonyl (C=O) groups excluding carboxylic acids is 2. The van der Waals surface area contributed by atoms with Crippen molar-refractivity contribution < 1.29 is 14.0 Å². The zero-order valence-corrected chi connectivity index (χ0v) is 18.3. The minimum atomic E-state index is -1.06. The predicted octanol–water partition coefficient (Wildman–Crippen LogP) is 4.64. The van der Waals surface area contributed by atoms with Crippen LogP contribution in [0.1, 0.15) is 55.1 Å². The number of carbonyl (C=O) groups is 2. The quantitative estimate of drug-likeness (QED) is 0.652. The van der Waals surface area contributed by atoms with Crippen molar-refractivity contribution in [3.05, 3.63) is 71.7 Å². The first-order chi connectivity index (χ1) is 15.5. The van der Waals surface area contributed by atoms with Gasteiger partial charge < -0.3 is 14.8 Å². The van der Waals surface area contributed by atoms with Crippen molar-refractivity contribution in [2.45, 2.75) is 63.7 Å². The van der Waals surface area contributed by atoms with Gasteiger partial charge in [-0.05, 0) is 49.6 Å². The van der Waals surface area contributed by atoms with Gasteiger partial charge >= 0.3 is 0 Å². The average Bonchev–Trinajstić information content (AvgIpc) is 3.17. The Hall–Kier alpha value is -3.15. The zero-order chi connectivity index (χ0) is 22.3. The number of para-hydroxylation sites is 1. The smallest absolute Gasteiger partial charge is 0.271 e. The molecule has 1 saturated carbocycles. The van der Waals surface area contributed by atoms with Crippen LogP contribution in [0.5, 0.6) is 0 Å². The van der Waals surface area contributed by atoms with Gasteiger partial charge in [-0.25, -0.2) is 4.39 Å². The lowest BCUT2D eigenvalue weighted by molar-refractivity contribution is -0.134. The second-order valence-corrected chi connectivity index (χ2v) is 9.27. The molecule has 5 rings (SSSR count). The lowest BCUT2D eigenvalue weighted by atomic mass is 9.91. The van der Waals surface area contributed by atoms with Gasteiger partial charge in [-0.2, -0.15) is 0 Å². The summed E-state index contributed by atoms with van der Waals surface area (Å²) in [6.45, 7) is 2.47. The highest BCUT2D eigenvalue weighted by atomic mass is 19.1. The average molecular weight is 434 g/mol.